The monoisotopic (exact) mass is 367 g/mol. The second kappa shape index (κ2) is 7.97. The molecule has 2 rings (SSSR count). The molecule has 4 heteroatoms. The predicted molar refractivity (Wildman–Crippen MR) is 92.1 cm³/mol. The zero-order valence-electron chi connectivity index (χ0n) is 12.2. The lowest BCUT2D eigenvalue weighted by atomic mass is 10.2. The van der Waals surface area contributed by atoms with Gasteiger partial charge in [-0.15, -0.1) is 11.8 Å². The quantitative estimate of drug-likeness (QED) is 0.687. The Labute approximate surface area is 138 Å². The summed E-state index contributed by atoms with van der Waals surface area (Å²) >= 11 is 5.05. The fraction of sp³-hybridized carbons (Fsp3) is 0.294. The van der Waals surface area contributed by atoms with Crippen LogP contribution in [-0.4, -0.2) is 6.04 Å². The molecule has 0 heterocycles. The first kappa shape index (κ1) is 16.5. The maximum Gasteiger partial charge on any atom is 0.124 e. The summed E-state index contributed by atoms with van der Waals surface area (Å²) in [6, 6.07) is 14.0. The van der Waals surface area contributed by atoms with Gasteiger partial charge in [0, 0.05) is 27.7 Å². The third kappa shape index (κ3) is 5.81. The van der Waals surface area contributed by atoms with Gasteiger partial charge in [-0.25, -0.2) is 4.39 Å². The summed E-state index contributed by atoms with van der Waals surface area (Å²) in [7, 11) is 0. The van der Waals surface area contributed by atoms with Gasteiger partial charge in [-0.2, -0.15) is 0 Å². The van der Waals surface area contributed by atoms with E-state index in [4.69, 9.17) is 0 Å². The highest BCUT2D eigenvalue weighted by molar-refractivity contribution is 9.10. The minimum Gasteiger partial charge on any atom is -0.310 e. The average Bonchev–Trinajstić information content (AvgIpc) is 2.42. The maximum atomic E-state index is 13.3. The third-order valence-electron chi connectivity index (χ3n) is 2.94. The van der Waals surface area contributed by atoms with Crippen molar-refractivity contribution in [3.05, 3.63) is 63.9 Å². The van der Waals surface area contributed by atoms with Gasteiger partial charge in [-0.3, -0.25) is 0 Å². The standard InChI is InChI=1S/C17H19BrFNS/c1-12(2)20-10-13-4-3-5-17(8-13)21-11-14-6-15(18)9-16(19)7-14/h3-9,12,20H,10-11H2,1-2H3. The van der Waals surface area contributed by atoms with Gasteiger partial charge in [-0.05, 0) is 41.5 Å². The highest BCUT2D eigenvalue weighted by Gasteiger charge is 2.02. The molecule has 0 aliphatic rings. The van der Waals surface area contributed by atoms with Crippen LogP contribution < -0.4 is 5.32 Å². The lowest BCUT2D eigenvalue weighted by Gasteiger charge is -2.09. The van der Waals surface area contributed by atoms with E-state index in [1.165, 1.54) is 16.5 Å². The Morgan fingerprint density at radius 1 is 1.14 bits per heavy atom. The summed E-state index contributed by atoms with van der Waals surface area (Å²) in [5.74, 6) is 0.562. The molecule has 0 bridgehead atoms. The molecule has 0 aromatic heterocycles. The summed E-state index contributed by atoms with van der Waals surface area (Å²) in [6.45, 7) is 5.15. The fourth-order valence-electron chi connectivity index (χ4n) is 1.93. The topological polar surface area (TPSA) is 12.0 Å². The third-order valence-corrected chi connectivity index (χ3v) is 4.46. The van der Waals surface area contributed by atoms with Gasteiger partial charge in [0.25, 0.3) is 0 Å². The molecule has 21 heavy (non-hydrogen) atoms. The average molecular weight is 368 g/mol. The Balaban J connectivity index is 1.98. The van der Waals surface area contributed by atoms with Crippen LogP contribution in [0.5, 0.6) is 0 Å². The van der Waals surface area contributed by atoms with Crippen molar-refractivity contribution in [1.29, 1.82) is 0 Å². The van der Waals surface area contributed by atoms with Gasteiger partial charge in [0.15, 0.2) is 0 Å². The van der Waals surface area contributed by atoms with Crippen molar-refractivity contribution < 1.29 is 4.39 Å². The molecule has 0 saturated carbocycles. The molecule has 0 saturated heterocycles. The number of nitrogens with one attached hydrogen (secondary N) is 1. The number of rotatable bonds is 6. The molecule has 0 spiro atoms. The number of hydrogen-bond donors (Lipinski definition) is 1. The molecular weight excluding hydrogens is 349 g/mol. The maximum absolute atomic E-state index is 13.3. The molecule has 112 valence electrons. The molecule has 0 aliphatic carbocycles. The Hall–Kier alpha value is -0.840. The molecule has 1 N–H and O–H groups in total. The van der Waals surface area contributed by atoms with Crippen LogP contribution in [0.2, 0.25) is 0 Å². The minimum absolute atomic E-state index is 0.199. The van der Waals surface area contributed by atoms with E-state index >= 15 is 0 Å². The van der Waals surface area contributed by atoms with Crippen molar-refractivity contribution in [2.75, 3.05) is 0 Å². The fourth-order valence-corrected chi connectivity index (χ4v) is 3.35. The molecule has 0 amide bonds. The minimum atomic E-state index is -0.199. The number of hydrogen-bond acceptors (Lipinski definition) is 2. The second-order valence-corrected chi connectivity index (χ2v) is 7.21. The van der Waals surface area contributed by atoms with Crippen LogP contribution in [0, 0.1) is 5.82 Å². The van der Waals surface area contributed by atoms with Crippen LogP contribution in [0.4, 0.5) is 4.39 Å². The van der Waals surface area contributed by atoms with Crippen LogP contribution in [0.15, 0.2) is 51.8 Å². The van der Waals surface area contributed by atoms with Crippen LogP contribution in [0.3, 0.4) is 0 Å². The Bertz CT molecular complexity index is 581. The zero-order valence-corrected chi connectivity index (χ0v) is 14.6. The van der Waals surface area contributed by atoms with Crippen molar-refractivity contribution in [1.82, 2.24) is 5.32 Å². The van der Waals surface area contributed by atoms with Crippen molar-refractivity contribution in [3.63, 3.8) is 0 Å². The van der Waals surface area contributed by atoms with Crippen LogP contribution in [0.1, 0.15) is 25.0 Å². The smallest absolute Gasteiger partial charge is 0.124 e. The van der Waals surface area contributed by atoms with Crippen molar-refractivity contribution >= 4 is 27.7 Å². The van der Waals surface area contributed by atoms with Gasteiger partial charge in [0.2, 0.25) is 0 Å². The molecule has 0 aliphatic heterocycles. The first-order valence-electron chi connectivity index (χ1n) is 6.93. The van der Waals surface area contributed by atoms with Gasteiger partial charge in [0.05, 0.1) is 0 Å². The largest absolute Gasteiger partial charge is 0.310 e. The van der Waals surface area contributed by atoms with Crippen molar-refractivity contribution in [3.8, 4) is 0 Å². The normalized spacial score (nSPS) is 11.1. The van der Waals surface area contributed by atoms with Gasteiger partial charge in [0.1, 0.15) is 5.82 Å². The molecule has 0 radical (unpaired) electrons. The van der Waals surface area contributed by atoms with E-state index in [1.807, 2.05) is 6.07 Å². The summed E-state index contributed by atoms with van der Waals surface area (Å²) in [6.07, 6.45) is 0. The van der Waals surface area contributed by atoms with Gasteiger partial charge in [-0.1, -0.05) is 41.9 Å². The van der Waals surface area contributed by atoms with Crippen molar-refractivity contribution in [2.45, 2.75) is 37.1 Å². The summed E-state index contributed by atoms with van der Waals surface area (Å²) in [5, 5.41) is 3.41. The van der Waals surface area contributed by atoms with E-state index in [-0.39, 0.29) is 5.82 Å². The Morgan fingerprint density at radius 2 is 1.95 bits per heavy atom. The number of benzene rings is 2. The van der Waals surface area contributed by atoms with Crippen LogP contribution in [0.25, 0.3) is 0 Å². The van der Waals surface area contributed by atoms with E-state index in [1.54, 1.807) is 17.8 Å². The molecule has 2 aromatic rings. The molecular formula is C17H19BrFNS. The first-order chi connectivity index (χ1) is 10.0. The molecule has 0 atom stereocenters. The highest BCUT2D eigenvalue weighted by Crippen LogP contribution is 2.25. The van der Waals surface area contributed by atoms with E-state index in [9.17, 15) is 4.39 Å². The van der Waals surface area contributed by atoms with Crippen molar-refractivity contribution in [2.24, 2.45) is 0 Å². The summed E-state index contributed by atoms with van der Waals surface area (Å²) in [5.41, 5.74) is 2.26. The molecule has 0 fully saturated rings. The van der Waals surface area contributed by atoms with Gasteiger partial charge >= 0.3 is 0 Å². The molecule has 1 nitrogen and oxygen atoms in total. The Morgan fingerprint density at radius 3 is 2.67 bits per heavy atom. The van der Waals surface area contributed by atoms with E-state index in [0.29, 0.717) is 6.04 Å². The second-order valence-electron chi connectivity index (χ2n) is 5.25. The van der Waals surface area contributed by atoms with Crippen LogP contribution in [-0.2, 0) is 12.3 Å². The zero-order chi connectivity index (χ0) is 15.2. The molecule has 0 unspecified atom stereocenters. The lowest BCUT2D eigenvalue weighted by molar-refractivity contribution is 0.588. The molecule has 2 aromatic carbocycles. The van der Waals surface area contributed by atoms with E-state index in [2.05, 4.69) is 59.4 Å². The number of thioether (sulfide) groups is 1. The SMILES string of the molecule is CC(C)NCc1cccc(SCc2cc(F)cc(Br)c2)c1. The summed E-state index contributed by atoms with van der Waals surface area (Å²) < 4.78 is 14.1. The number of halogens is 2. The first-order valence-corrected chi connectivity index (χ1v) is 8.71. The summed E-state index contributed by atoms with van der Waals surface area (Å²) in [4.78, 5) is 1.21. The van der Waals surface area contributed by atoms with E-state index < -0.39 is 0 Å². The Kier molecular flexibility index (Phi) is 6.27. The lowest BCUT2D eigenvalue weighted by Crippen LogP contribution is -2.21. The van der Waals surface area contributed by atoms with E-state index in [0.717, 1.165) is 22.3 Å². The van der Waals surface area contributed by atoms with Crippen LogP contribution >= 0.6 is 27.7 Å². The van der Waals surface area contributed by atoms with Gasteiger partial charge < -0.3 is 5.32 Å². The highest BCUT2D eigenvalue weighted by atomic mass is 79.9. The predicted octanol–water partition coefficient (Wildman–Crippen LogP) is 5.38.